The normalized spacial score (nSPS) is 11.1. The zero-order valence-electron chi connectivity index (χ0n) is 18.1. The maximum Gasteiger partial charge on any atom is 0.360 e. The second-order valence-corrected chi connectivity index (χ2v) is 7.18. The number of fused-ring (bicyclic) bond motifs is 1. The van der Waals surface area contributed by atoms with Crippen molar-refractivity contribution in [3.05, 3.63) is 65.8 Å². The van der Waals surface area contributed by atoms with Crippen molar-refractivity contribution in [2.75, 3.05) is 19.8 Å². The van der Waals surface area contributed by atoms with Gasteiger partial charge in [0.2, 0.25) is 0 Å². The summed E-state index contributed by atoms with van der Waals surface area (Å²) >= 11 is 0. The third-order valence-electron chi connectivity index (χ3n) is 4.91. The highest BCUT2D eigenvalue weighted by Crippen LogP contribution is 2.37. The van der Waals surface area contributed by atoms with Crippen LogP contribution in [0.4, 0.5) is 0 Å². The third-order valence-corrected chi connectivity index (χ3v) is 4.91. The lowest BCUT2D eigenvalue weighted by molar-refractivity contribution is 0.0519. The van der Waals surface area contributed by atoms with Crippen LogP contribution in [-0.4, -0.2) is 35.7 Å². The molecule has 0 saturated carbocycles. The average molecular weight is 435 g/mol. The Hall–Kier alpha value is -3.65. The summed E-state index contributed by atoms with van der Waals surface area (Å²) in [5.41, 5.74) is 2.76. The van der Waals surface area contributed by atoms with Crippen molar-refractivity contribution in [1.82, 2.24) is 15.3 Å². The van der Waals surface area contributed by atoms with E-state index in [1.54, 1.807) is 13.1 Å². The van der Waals surface area contributed by atoms with Gasteiger partial charge in [-0.3, -0.25) is 4.98 Å². The van der Waals surface area contributed by atoms with Crippen molar-refractivity contribution in [1.29, 1.82) is 0 Å². The maximum absolute atomic E-state index is 11.9. The van der Waals surface area contributed by atoms with E-state index < -0.39 is 5.97 Å². The number of nitrogens with one attached hydrogen (secondary N) is 1. The molecule has 4 rings (SSSR count). The minimum absolute atomic E-state index is 0.108. The molecule has 1 N–H and O–H groups in total. The number of hydrogen-bond donors (Lipinski definition) is 1. The molecule has 3 heterocycles. The summed E-state index contributed by atoms with van der Waals surface area (Å²) in [7, 11) is 0. The van der Waals surface area contributed by atoms with Gasteiger partial charge in [-0.15, -0.1) is 0 Å². The molecule has 0 aliphatic heterocycles. The Kier molecular flexibility index (Phi) is 6.81. The van der Waals surface area contributed by atoms with Crippen LogP contribution in [0.1, 0.15) is 35.0 Å². The lowest BCUT2D eigenvalue weighted by Gasteiger charge is -2.08. The molecule has 0 fully saturated rings. The Morgan fingerprint density at radius 3 is 2.94 bits per heavy atom. The highest BCUT2D eigenvalue weighted by molar-refractivity contribution is 5.92. The van der Waals surface area contributed by atoms with E-state index in [1.165, 1.54) is 6.26 Å². The Morgan fingerprint density at radius 1 is 1.22 bits per heavy atom. The Bertz CT molecular complexity index is 1180. The molecule has 0 bridgehead atoms. The van der Waals surface area contributed by atoms with E-state index in [1.807, 2.05) is 43.5 Å². The van der Waals surface area contributed by atoms with E-state index in [0.717, 1.165) is 41.8 Å². The lowest BCUT2D eigenvalue weighted by Crippen LogP contribution is -2.17. The molecule has 166 valence electrons. The second-order valence-electron chi connectivity index (χ2n) is 7.18. The highest BCUT2D eigenvalue weighted by Gasteiger charge is 2.22. The molecule has 0 spiro atoms. The van der Waals surface area contributed by atoms with Gasteiger partial charge < -0.3 is 23.6 Å². The van der Waals surface area contributed by atoms with Crippen molar-refractivity contribution in [2.45, 2.75) is 26.8 Å². The lowest BCUT2D eigenvalue weighted by atomic mass is 10.1. The molecular weight excluding hydrogens is 410 g/mol. The van der Waals surface area contributed by atoms with Crippen LogP contribution in [0.2, 0.25) is 0 Å². The van der Waals surface area contributed by atoms with Gasteiger partial charge in [0.25, 0.3) is 5.89 Å². The molecule has 8 nitrogen and oxygen atoms in total. The minimum atomic E-state index is -0.530. The number of furan rings is 1. The van der Waals surface area contributed by atoms with Gasteiger partial charge in [-0.2, -0.15) is 4.98 Å². The largest absolute Gasteiger partial charge is 0.493 e. The summed E-state index contributed by atoms with van der Waals surface area (Å²) in [6.07, 6.45) is 5.74. The summed E-state index contributed by atoms with van der Waals surface area (Å²) in [5, 5.41) is 4.25. The first kappa shape index (κ1) is 21.6. The number of rotatable bonds is 10. The summed E-state index contributed by atoms with van der Waals surface area (Å²) < 4.78 is 22.4. The fourth-order valence-electron chi connectivity index (χ4n) is 3.38. The van der Waals surface area contributed by atoms with Crippen LogP contribution in [0.5, 0.6) is 5.75 Å². The monoisotopic (exact) mass is 435 g/mol. The molecule has 1 aromatic carbocycles. The van der Waals surface area contributed by atoms with Gasteiger partial charge in [0, 0.05) is 24.5 Å². The second kappa shape index (κ2) is 10.1. The van der Waals surface area contributed by atoms with Crippen molar-refractivity contribution in [3.8, 4) is 17.4 Å². The Labute approximate surface area is 185 Å². The first-order valence-electron chi connectivity index (χ1n) is 10.5. The van der Waals surface area contributed by atoms with Crippen molar-refractivity contribution < 1.29 is 23.1 Å². The van der Waals surface area contributed by atoms with Crippen molar-refractivity contribution in [2.24, 2.45) is 0 Å². The molecule has 0 aliphatic rings. The van der Waals surface area contributed by atoms with E-state index >= 15 is 0 Å². The molecule has 0 atom stereocenters. The number of carbonyl (C=O) groups is 1. The van der Waals surface area contributed by atoms with Crippen LogP contribution in [0.15, 0.2) is 57.8 Å². The fraction of sp³-hybridized carbons (Fsp3) is 0.292. The molecule has 0 unspecified atom stereocenters. The van der Waals surface area contributed by atoms with E-state index in [2.05, 4.69) is 15.3 Å². The van der Waals surface area contributed by atoms with Gasteiger partial charge in [0.05, 0.1) is 18.6 Å². The number of esters is 1. The quantitative estimate of drug-likeness (QED) is 0.287. The van der Waals surface area contributed by atoms with Gasteiger partial charge >= 0.3 is 5.97 Å². The first-order valence-corrected chi connectivity index (χ1v) is 10.5. The van der Waals surface area contributed by atoms with Gasteiger partial charge in [-0.1, -0.05) is 12.1 Å². The molecule has 8 heteroatoms. The van der Waals surface area contributed by atoms with Crippen LogP contribution < -0.4 is 10.1 Å². The van der Waals surface area contributed by atoms with Crippen LogP contribution >= 0.6 is 0 Å². The molecule has 0 amide bonds. The van der Waals surface area contributed by atoms with Gasteiger partial charge in [0.15, 0.2) is 11.5 Å². The minimum Gasteiger partial charge on any atom is -0.493 e. The highest BCUT2D eigenvalue weighted by atomic mass is 16.5. The van der Waals surface area contributed by atoms with Crippen LogP contribution in [-0.2, 0) is 11.3 Å². The smallest absolute Gasteiger partial charge is 0.360 e. The standard InChI is InChI=1S/C24H25N3O5/c1-3-29-24(28)18-15-31-23(27-18)22-16(2)21-19(8-4-9-20(21)32-22)30-12-6-11-26-14-17-7-5-10-25-13-17/h4-5,7-10,13,15,26H,3,6,11-12,14H2,1-2H3. The van der Waals surface area contributed by atoms with E-state index in [0.29, 0.717) is 18.0 Å². The molecular formula is C24H25N3O5. The predicted molar refractivity (Wildman–Crippen MR) is 118 cm³/mol. The molecule has 0 saturated heterocycles. The predicted octanol–water partition coefficient (Wildman–Crippen LogP) is 4.53. The number of pyridine rings is 1. The summed E-state index contributed by atoms with van der Waals surface area (Å²) in [6, 6.07) is 9.63. The number of carbonyl (C=O) groups excluding carboxylic acids is 1. The van der Waals surface area contributed by atoms with Crippen LogP contribution in [0.25, 0.3) is 22.6 Å². The van der Waals surface area contributed by atoms with Crippen molar-refractivity contribution >= 4 is 16.9 Å². The molecule has 3 aromatic heterocycles. The third kappa shape index (κ3) is 4.81. The zero-order chi connectivity index (χ0) is 22.3. The summed E-state index contributed by atoms with van der Waals surface area (Å²) in [5.74, 6) is 0.897. The molecule has 32 heavy (non-hydrogen) atoms. The number of aryl methyl sites for hydroxylation is 1. The number of oxazole rings is 1. The average Bonchev–Trinajstić information content (AvgIpc) is 3.42. The maximum atomic E-state index is 11.9. The van der Waals surface area contributed by atoms with Gasteiger partial charge in [-0.05, 0) is 50.6 Å². The van der Waals surface area contributed by atoms with E-state index in [9.17, 15) is 4.79 Å². The number of ether oxygens (including phenoxy) is 2. The van der Waals surface area contributed by atoms with Crippen molar-refractivity contribution in [3.63, 3.8) is 0 Å². The van der Waals surface area contributed by atoms with Gasteiger partial charge in [0.1, 0.15) is 17.6 Å². The van der Waals surface area contributed by atoms with E-state index in [-0.39, 0.29) is 18.2 Å². The molecule has 0 aliphatic carbocycles. The fourth-order valence-corrected chi connectivity index (χ4v) is 3.38. The first-order chi connectivity index (χ1) is 15.7. The number of aromatic nitrogens is 2. The molecule has 0 radical (unpaired) electrons. The summed E-state index contributed by atoms with van der Waals surface area (Å²) in [4.78, 5) is 20.2. The SMILES string of the molecule is CCOC(=O)c1coc(-c2oc3cccc(OCCCNCc4cccnc4)c3c2C)n1. The molecule has 4 aromatic rings. The zero-order valence-corrected chi connectivity index (χ0v) is 18.1. The topological polar surface area (TPSA) is 99.6 Å². The Balaban J connectivity index is 1.40. The van der Waals surface area contributed by atoms with E-state index in [4.69, 9.17) is 18.3 Å². The Morgan fingerprint density at radius 2 is 2.12 bits per heavy atom. The van der Waals surface area contributed by atoms with Crippen LogP contribution in [0.3, 0.4) is 0 Å². The van der Waals surface area contributed by atoms with Gasteiger partial charge in [-0.25, -0.2) is 4.79 Å². The number of nitrogens with zero attached hydrogens (tertiary/aromatic N) is 2. The van der Waals surface area contributed by atoms with Crippen LogP contribution in [0, 0.1) is 6.92 Å². The summed E-state index contributed by atoms with van der Waals surface area (Å²) in [6.45, 7) is 6.08. The number of benzene rings is 1. The number of hydrogen-bond acceptors (Lipinski definition) is 8.